The number of likely N-dealkylation sites (tertiary alicyclic amines) is 1. The van der Waals surface area contributed by atoms with E-state index in [1.165, 1.54) is 0 Å². The molecule has 0 aliphatic carbocycles. The lowest BCUT2D eigenvalue weighted by atomic mass is 10.1. The molecule has 0 aromatic heterocycles. The molecule has 1 fully saturated rings. The lowest BCUT2D eigenvalue weighted by molar-refractivity contribution is -0.137. The fraction of sp³-hybridized carbons (Fsp3) is 0.500. The van der Waals surface area contributed by atoms with Crippen LogP contribution in [0.3, 0.4) is 0 Å². The van der Waals surface area contributed by atoms with Crippen molar-refractivity contribution in [2.24, 2.45) is 5.92 Å². The Kier molecular flexibility index (Phi) is 4.66. The number of aliphatic hydroxyl groups excluding tert-OH is 1. The summed E-state index contributed by atoms with van der Waals surface area (Å²) in [5.41, 5.74) is 0. The maximum Gasteiger partial charge on any atom is 0.263 e. The maximum absolute atomic E-state index is 12.2. The number of hydrogen-bond donors (Lipinski definition) is 1. The summed E-state index contributed by atoms with van der Waals surface area (Å²) in [5.74, 6) is 0.792. The zero-order valence-electron chi connectivity index (χ0n) is 10.9. The topological polar surface area (TPSA) is 49.8 Å². The summed E-state index contributed by atoms with van der Waals surface area (Å²) < 4.78 is 5.60. The number of halogens is 1. The number of hydrogen-bond acceptors (Lipinski definition) is 3. The molecule has 2 atom stereocenters. The minimum Gasteiger partial charge on any atom is -0.481 e. The smallest absolute Gasteiger partial charge is 0.263 e. The molecule has 104 valence electrons. The van der Waals surface area contributed by atoms with E-state index in [-0.39, 0.29) is 18.4 Å². The Morgan fingerprint density at radius 1 is 1.53 bits per heavy atom. The standard InChI is InChI=1S/C14H18ClNO3/c1-10(19-13-4-2-12(15)3-5-13)14(18)16-7-6-11(8-16)9-17/h2-5,10-11,17H,6-9H2,1H3. The normalized spacial score (nSPS) is 20.4. The number of nitrogens with zero attached hydrogens (tertiary/aromatic N) is 1. The molecule has 5 heteroatoms. The Morgan fingerprint density at radius 3 is 2.79 bits per heavy atom. The molecule has 1 saturated heterocycles. The summed E-state index contributed by atoms with van der Waals surface area (Å²) in [6.07, 6.45) is 0.328. The van der Waals surface area contributed by atoms with Crippen LogP contribution in [0.15, 0.2) is 24.3 Å². The van der Waals surface area contributed by atoms with Crippen LogP contribution < -0.4 is 4.74 Å². The van der Waals surface area contributed by atoms with Gasteiger partial charge in [0.25, 0.3) is 5.91 Å². The first-order valence-corrected chi connectivity index (χ1v) is 6.80. The lowest BCUT2D eigenvalue weighted by Crippen LogP contribution is -2.39. The summed E-state index contributed by atoms with van der Waals surface area (Å²) in [6, 6.07) is 6.94. The van der Waals surface area contributed by atoms with E-state index in [1.54, 1.807) is 36.1 Å². The molecule has 1 aromatic carbocycles. The van der Waals surface area contributed by atoms with Crippen LogP contribution in [0.25, 0.3) is 0 Å². The van der Waals surface area contributed by atoms with Crippen molar-refractivity contribution >= 4 is 17.5 Å². The van der Waals surface area contributed by atoms with Crippen LogP contribution in [-0.4, -0.2) is 41.7 Å². The van der Waals surface area contributed by atoms with E-state index in [4.69, 9.17) is 21.4 Å². The van der Waals surface area contributed by atoms with Crippen molar-refractivity contribution in [1.82, 2.24) is 4.90 Å². The molecule has 2 rings (SSSR count). The Labute approximate surface area is 117 Å². The van der Waals surface area contributed by atoms with Gasteiger partial charge in [0, 0.05) is 30.6 Å². The van der Waals surface area contributed by atoms with E-state index >= 15 is 0 Å². The molecule has 1 aliphatic rings. The van der Waals surface area contributed by atoms with Gasteiger partial charge in [0.1, 0.15) is 5.75 Å². The number of rotatable bonds is 4. The number of ether oxygens (including phenoxy) is 1. The summed E-state index contributed by atoms with van der Waals surface area (Å²) in [7, 11) is 0. The summed E-state index contributed by atoms with van der Waals surface area (Å²) in [5, 5.41) is 9.72. The molecule has 2 unspecified atom stereocenters. The van der Waals surface area contributed by atoms with Crippen molar-refractivity contribution in [3.8, 4) is 5.75 Å². The molecule has 1 heterocycles. The molecular weight excluding hydrogens is 266 g/mol. The molecule has 0 saturated carbocycles. The minimum absolute atomic E-state index is 0.0362. The van der Waals surface area contributed by atoms with Crippen molar-refractivity contribution in [2.75, 3.05) is 19.7 Å². The highest BCUT2D eigenvalue weighted by Crippen LogP contribution is 2.20. The molecule has 0 radical (unpaired) electrons. The SMILES string of the molecule is CC(Oc1ccc(Cl)cc1)C(=O)N1CCC(CO)C1. The third-order valence-corrected chi connectivity index (χ3v) is 3.58. The second-order valence-electron chi connectivity index (χ2n) is 4.84. The van der Waals surface area contributed by atoms with Gasteiger partial charge in [-0.1, -0.05) is 11.6 Å². The fourth-order valence-electron chi connectivity index (χ4n) is 2.21. The molecule has 0 spiro atoms. The van der Waals surface area contributed by atoms with Gasteiger partial charge in [-0.2, -0.15) is 0 Å². The first-order chi connectivity index (χ1) is 9.10. The van der Waals surface area contributed by atoms with Gasteiger partial charge < -0.3 is 14.7 Å². The average molecular weight is 284 g/mol. The molecule has 19 heavy (non-hydrogen) atoms. The van der Waals surface area contributed by atoms with E-state index in [0.717, 1.165) is 6.42 Å². The second kappa shape index (κ2) is 6.26. The highest BCUT2D eigenvalue weighted by atomic mass is 35.5. The molecule has 4 nitrogen and oxygen atoms in total. The summed E-state index contributed by atoms with van der Waals surface area (Å²) in [6.45, 7) is 3.18. The Balaban J connectivity index is 1.91. The van der Waals surface area contributed by atoms with Gasteiger partial charge in [-0.3, -0.25) is 4.79 Å². The fourth-order valence-corrected chi connectivity index (χ4v) is 2.33. The van der Waals surface area contributed by atoms with Gasteiger partial charge >= 0.3 is 0 Å². The lowest BCUT2D eigenvalue weighted by Gasteiger charge is -2.21. The van der Waals surface area contributed by atoms with Crippen molar-refractivity contribution in [1.29, 1.82) is 0 Å². The Bertz CT molecular complexity index is 435. The van der Waals surface area contributed by atoms with E-state index < -0.39 is 6.10 Å². The van der Waals surface area contributed by atoms with Gasteiger partial charge in [0.15, 0.2) is 6.10 Å². The minimum atomic E-state index is -0.529. The number of carbonyl (C=O) groups is 1. The first kappa shape index (κ1) is 14.2. The molecule has 1 N–H and O–H groups in total. The highest BCUT2D eigenvalue weighted by molar-refractivity contribution is 6.30. The van der Waals surface area contributed by atoms with Crippen LogP contribution in [0.2, 0.25) is 5.02 Å². The number of benzene rings is 1. The predicted molar refractivity (Wildman–Crippen MR) is 73.3 cm³/mol. The summed E-state index contributed by atoms with van der Waals surface area (Å²) in [4.78, 5) is 13.9. The van der Waals surface area contributed by atoms with Crippen molar-refractivity contribution in [3.05, 3.63) is 29.3 Å². The molecule has 0 bridgehead atoms. The van der Waals surface area contributed by atoms with Crippen LogP contribution in [0.4, 0.5) is 0 Å². The van der Waals surface area contributed by atoms with Gasteiger partial charge in [-0.25, -0.2) is 0 Å². The predicted octanol–water partition coefficient (Wildman–Crippen LogP) is 1.95. The third-order valence-electron chi connectivity index (χ3n) is 3.33. The van der Waals surface area contributed by atoms with Crippen molar-refractivity contribution in [3.63, 3.8) is 0 Å². The quantitative estimate of drug-likeness (QED) is 0.919. The third kappa shape index (κ3) is 3.61. The van der Waals surface area contributed by atoms with E-state index in [2.05, 4.69) is 0 Å². The van der Waals surface area contributed by atoms with Gasteiger partial charge in [-0.05, 0) is 37.6 Å². The zero-order valence-corrected chi connectivity index (χ0v) is 11.6. The maximum atomic E-state index is 12.2. The van der Waals surface area contributed by atoms with Gasteiger partial charge in [-0.15, -0.1) is 0 Å². The van der Waals surface area contributed by atoms with Crippen LogP contribution in [0.1, 0.15) is 13.3 Å². The van der Waals surface area contributed by atoms with Crippen LogP contribution in [-0.2, 0) is 4.79 Å². The summed E-state index contributed by atoms with van der Waals surface area (Å²) >= 11 is 5.79. The number of amides is 1. The van der Waals surface area contributed by atoms with E-state index in [1.807, 2.05) is 0 Å². The first-order valence-electron chi connectivity index (χ1n) is 6.42. The number of aliphatic hydroxyl groups is 1. The van der Waals surface area contributed by atoms with Crippen molar-refractivity contribution in [2.45, 2.75) is 19.4 Å². The Hall–Kier alpha value is -1.26. The zero-order chi connectivity index (χ0) is 13.8. The largest absolute Gasteiger partial charge is 0.481 e. The van der Waals surface area contributed by atoms with Crippen LogP contribution in [0, 0.1) is 5.92 Å². The number of carbonyl (C=O) groups excluding carboxylic acids is 1. The van der Waals surface area contributed by atoms with Gasteiger partial charge in [0.05, 0.1) is 0 Å². The van der Waals surface area contributed by atoms with Crippen LogP contribution >= 0.6 is 11.6 Å². The molecule has 1 aliphatic heterocycles. The monoisotopic (exact) mass is 283 g/mol. The highest BCUT2D eigenvalue weighted by Gasteiger charge is 2.29. The van der Waals surface area contributed by atoms with Crippen LogP contribution in [0.5, 0.6) is 5.75 Å². The van der Waals surface area contributed by atoms with E-state index in [0.29, 0.717) is 23.9 Å². The van der Waals surface area contributed by atoms with Gasteiger partial charge in [0.2, 0.25) is 0 Å². The van der Waals surface area contributed by atoms with Crippen molar-refractivity contribution < 1.29 is 14.6 Å². The average Bonchev–Trinajstić information content (AvgIpc) is 2.89. The van der Waals surface area contributed by atoms with E-state index in [9.17, 15) is 4.79 Å². The molecular formula is C14H18ClNO3. The Morgan fingerprint density at radius 2 is 2.21 bits per heavy atom. The second-order valence-corrected chi connectivity index (χ2v) is 5.27. The molecule has 1 amide bonds. The molecule has 1 aromatic rings.